The van der Waals surface area contributed by atoms with Crippen LogP contribution in [0.5, 0.6) is 5.75 Å². The smallest absolute Gasteiger partial charge is 0.472 e. The molecule has 0 saturated carbocycles. The van der Waals surface area contributed by atoms with Crippen LogP contribution in [-0.4, -0.2) is 68.1 Å². The molecule has 240 valence electrons. The second kappa shape index (κ2) is 11.8. The van der Waals surface area contributed by atoms with Crippen LogP contribution < -0.4 is 21.0 Å². The Morgan fingerprint density at radius 2 is 2.00 bits per heavy atom. The van der Waals surface area contributed by atoms with E-state index in [1.807, 2.05) is 0 Å². The van der Waals surface area contributed by atoms with E-state index in [-0.39, 0.29) is 46.0 Å². The Morgan fingerprint density at radius 3 is 2.76 bits per heavy atom. The summed E-state index contributed by atoms with van der Waals surface area (Å²) in [6.07, 6.45) is -0.775. The Hall–Kier alpha value is -3.96. The molecule has 6 rings (SSSR count). The molecule has 0 bridgehead atoms. The maximum Gasteiger partial charge on any atom is 0.472 e. The quantitative estimate of drug-likeness (QED) is 0.211. The number of nitrogens with one attached hydrogen (secondary N) is 2. The van der Waals surface area contributed by atoms with Gasteiger partial charge in [-0.3, -0.25) is 38.3 Å². The summed E-state index contributed by atoms with van der Waals surface area (Å²) in [4.78, 5) is 58.8. The lowest BCUT2D eigenvalue weighted by atomic mass is 10.1. The highest BCUT2D eigenvalue weighted by Gasteiger charge is 2.56. The lowest BCUT2D eigenvalue weighted by molar-refractivity contribution is -0.199. The largest absolute Gasteiger partial charge is 0.497 e. The van der Waals surface area contributed by atoms with Crippen molar-refractivity contribution in [1.82, 2.24) is 19.5 Å². The molecule has 5 atom stereocenters. The SMILES string of the molecule is CCC(=O)Nc1nc2c(ncn2[C@@H]2O[C@H](COP(=O)(O)OCc3coc4cc(OC)ccc4c3=O)[C@H]3OC(C)(C)O[C@H]32)c(=O)[nH]1. The lowest BCUT2D eigenvalue weighted by Crippen LogP contribution is -2.32. The molecule has 2 aliphatic heterocycles. The van der Waals surface area contributed by atoms with E-state index in [9.17, 15) is 23.8 Å². The second-order valence-electron chi connectivity index (χ2n) is 10.8. The number of imidazole rings is 1. The first kappa shape index (κ1) is 31.0. The van der Waals surface area contributed by atoms with Crippen LogP contribution in [0.2, 0.25) is 0 Å². The maximum absolute atomic E-state index is 12.9. The summed E-state index contributed by atoms with van der Waals surface area (Å²) >= 11 is 0. The van der Waals surface area contributed by atoms with E-state index in [0.29, 0.717) is 5.75 Å². The van der Waals surface area contributed by atoms with Crippen molar-refractivity contribution in [1.29, 1.82) is 0 Å². The molecule has 0 aliphatic carbocycles. The number of amides is 1. The summed E-state index contributed by atoms with van der Waals surface area (Å²) < 4.78 is 53.5. The van der Waals surface area contributed by atoms with Crippen LogP contribution in [0, 0.1) is 0 Å². The fourth-order valence-corrected chi connectivity index (χ4v) is 5.85. The highest BCUT2D eigenvalue weighted by Crippen LogP contribution is 2.48. The van der Waals surface area contributed by atoms with E-state index >= 15 is 0 Å². The number of phosphoric ester groups is 1. The van der Waals surface area contributed by atoms with Crippen LogP contribution in [0.3, 0.4) is 0 Å². The molecule has 2 saturated heterocycles. The zero-order valence-corrected chi connectivity index (χ0v) is 25.4. The highest BCUT2D eigenvalue weighted by molar-refractivity contribution is 7.47. The summed E-state index contributed by atoms with van der Waals surface area (Å²) in [6, 6.07) is 4.65. The molecule has 1 amide bonds. The van der Waals surface area contributed by atoms with Gasteiger partial charge in [0.25, 0.3) is 5.56 Å². The zero-order chi connectivity index (χ0) is 32.1. The van der Waals surface area contributed by atoms with Gasteiger partial charge in [-0.2, -0.15) is 4.98 Å². The Kier molecular flexibility index (Phi) is 8.11. The molecule has 45 heavy (non-hydrogen) atoms. The Morgan fingerprint density at radius 1 is 1.22 bits per heavy atom. The van der Waals surface area contributed by atoms with Crippen molar-refractivity contribution in [2.75, 3.05) is 19.0 Å². The van der Waals surface area contributed by atoms with Crippen molar-refractivity contribution in [3.8, 4) is 5.75 Å². The van der Waals surface area contributed by atoms with Gasteiger partial charge in [0.15, 0.2) is 28.6 Å². The van der Waals surface area contributed by atoms with E-state index in [1.54, 1.807) is 32.9 Å². The van der Waals surface area contributed by atoms with Gasteiger partial charge in [0.05, 0.1) is 37.6 Å². The van der Waals surface area contributed by atoms with Gasteiger partial charge in [-0.05, 0) is 26.0 Å². The molecule has 18 heteroatoms. The Bertz CT molecular complexity index is 1940. The molecule has 1 unspecified atom stereocenters. The van der Waals surface area contributed by atoms with Gasteiger partial charge in [0.1, 0.15) is 35.9 Å². The van der Waals surface area contributed by atoms with Gasteiger partial charge in [-0.15, -0.1) is 0 Å². The highest BCUT2D eigenvalue weighted by atomic mass is 31.2. The van der Waals surface area contributed by atoms with Crippen molar-refractivity contribution in [3.63, 3.8) is 0 Å². The Balaban J connectivity index is 1.18. The normalized spacial score (nSPS) is 23.7. The zero-order valence-electron chi connectivity index (χ0n) is 24.5. The number of aromatic amines is 1. The van der Waals surface area contributed by atoms with Crippen LogP contribution in [0.25, 0.3) is 22.1 Å². The number of anilines is 1. The van der Waals surface area contributed by atoms with Crippen LogP contribution >= 0.6 is 7.82 Å². The molecule has 2 fully saturated rings. The molecule has 17 nitrogen and oxygen atoms in total. The van der Waals surface area contributed by atoms with Crippen molar-refractivity contribution in [3.05, 3.63) is 56.9 Å². The molecule has 3 aromatic heterocycles. The lowest BCUT2D eigenvalue weighted by Gasteiger charge is -2.25. The predicted molar refractivity (Wildman–Crippen MR) is 154 cm³/mol. The first-order valence-electron chi connectivity index (χ1n) is 13.9. The van der Waals surface area contributed by atoms with Gasteiger partial charge in [0.2, 0.25) is 11.9 Å². The van der Waals surface area contributed by atoms with E-state index in [0.717, 1.165) is 6.26 Å². The minimum Gasteiger partial charge on any atom is -0.497 e. The van der Waals surface area contributed by atoms with E-state index in [1.165, 1.54) is 24.1 Å². The number of rotatable bonds is 10. The molecule has 0 spiro atoms. The second-order valence-corrected chi connectivity index (χ2v) is 12.2. The molecule has 3 N–H and O–H groups in total. The van der Waals surface area contributed by atoms with Crippen LogP contribution in [0.1, 0.15) is 39.0 Å². The first-order valence-corrected chi connectivity index (χ1v) is 15.4. The third-order valence-corrected chi connectivity index (χ3v) is 8.18. The van der Waals surface area contributed by atoms with Gasteiger partial charge in [0, 0.05) is 12.5 Å². The number of nitrogens with zero attached hydrogens (tertiary/aromatic N) is 3. The molecular weight excluding hydrogens is 617 g/mol. The Labute approximate surface area is 254 Å². The van der Waals surface area contributed by atoms with E-state index in [4.69, 9.17) is 32.4 Å². The van der Waals surface area contributed by atoms with Crippen molar-refractivity contribution in [2.24, 2.45) is 0 Å². The van der Waals surface area contributed by atoms with Gasteiger partial charge in [-0.25, -0.2) is 9.55 Å². The van der Waals surface area contributed by atoms with E-state index in [2.05, 4.69) is 20.3 Å². The number of H-pyrrole nitrogens is 1. The predicted octanol–water partition coefficient (Wildman–Crippen LogP) is 2.33. The molecular formula is C27H30N5O12P. The third kappa shape index (κ3) is 6.15. The van der Waals surface area contributed by atoms with Crippen molar-refractivity contribution in [2.45, 2.75) is 64.1 Å². The average molecular weight is 648 g/mol. The average Bonchev–Trinajstić information content (AvgIpc) is 3.66. The van der Waals surface area contributed by atoms with Gasteiger partial charge < -0.3 is 28.3 Å². The number of hydrogen-bond donors (Lipinski definition) is 3. The standard InChI is InChI=1S/C27H30N5O12P/c1-5-18(33)29-26-30-23-19(24(35)31-26)28-12-32(23)25-22-21(43-27(2,3)44-22)17(42-25)11-41-45(36,37)40-10-13-9-39-16-8-14(38-4)6-7-15(16)20(13)34/h6-9,12,17,21-22,25H,5,10-11H2,1-4H3,(H,36,37)(H2,29,30,31,33,35)/t17-,21-,22-,25-/m1/s1. The number of methoxy groups -OCH3 is 1. The molecule has 2 aliphatic rings. The first-order chi connectivity index (χ1) is 21.4. The van der Waals surface area contributed by atoms with Crippen LogP contribution in [-0.2, 0) is 39.2 Å². The third-order valence-electron chi connectivity index (χ3n) is 7.25. The molecule has 5 heterocycles. The van der Waals surface area contributed by atoms with Crippen molar-refractivity contribution >= 4 is 41.8 Å². The number of phosphoric acid groups is 1. The molecule has 4 aromatic rings. The topological polar surface area (TPSA) is 216 Å². The van der Waals surface area contributed by atoms with Gasteiger partial charge in [-0.1, -0.05) is 6.92 Å². The van der Waals surface area contributed by atoms with Crippen molar-refractivity contribution < 1.29 is 46.7 Å². The van der Waals surface area contributed by atoms with E-state index < -0.39 is 62.4 Å². The molecule has 1 aromatic carbocycles. The number of hydrogen-bond acceptors (Lipinski definition) is 13. The maximum atomic E-state index is 12.9. The molecule has 0 radical (unpaired) electrons. The van der Waals surface area contributed by atoms with Gasteiger partial charge >= 0.3 is 7.82 Å². The number of carbonyl (C=O) groups excluding carboxylic acids is 1. The minimum atomic E-state index is -4.71. The summed E-state index contributed by atoms with van der Waals surface area (Å²) in [5.74, 6) is -0.981. The number of fused-ring (bicyclic) bond motifs is 3. The summed E-state index contributed by atoms with van der Waals surface area (Å²) in [5, 5.41) is 2.75. The number of aromatic nitrogens is 4. The summed E-state index contributed by atoms with van der Waals surface area (Å²) in [7, 11) is -3.23. The van der Waals surface area contributed by atoms with Crippen LogP contribution in [0.4, 0.5) is 5.95 Å². The number of benzene rings is 1. The number of ether oxygens (including phenoxy) is 4. The monoisotopic (exact) mass is 647 g/mol. The summed E-state index contributed by atoms with van der Waals surface area (Å²) in [6.45, 7) is 4.01. The minimum absolute atomic E-state index is 0.000955. The van der Waals surface area contributed by atoms with Crippen LogP contribution in [0.15, 0.2) is 44.8 Å². The fourth-order valence-electron chi connectivity index (χ4n) is 5.14. The number of carbonyl (C=O) groups is 1. The summed E-state index contributed by atoms with van der Waals surface area (Å²) in [5.41, 5.74) is -0.647. The fraction of sp³-hybridized carbons (Fsp3) is 0.444.